The first kappa shape index (κ1) is 24.1. The van der Waals surface area contributed by atoms with Gasteiger partial charge >= 0.3 is 0 Å². The van der Waals surface area contributed by atoms with Gasteiger partial charge in [0.1, 0.15) is 0 Å². The van der Waals surface area contributed by atoms with E-state index in [1.807, 2.05) is 20.9 Å². The summed E-state index contributed by atoms with van der Waals surface area (Å²) in [5.41, 5.74) is 0.414. The zero-order chi connectivity index (χ0) is 20.5. The summed E-state index contributed by atoms with van der Waals surface area (Å²) in [6.45, 7) is 6.30. The van der Waals surface area contributed by atoms with Gasteiger partial charge in [0, 0.05) is 31.7 Å². The van der Waals surface area contributed by atoms with Gasteiger partial charge in [-0.05, 0) is 65.0 Å². The van der Waals surface area contributed by atoms with Gasteiger partial charge in [-0.2, -0.15) is 4.31 Å². The number of benzene rings is 1. The minimum atomic E-state index is -3.67. The summed E-state index contributed by atoms with van der Waals surface area (Å²) < 4.78 is 33.3. The third-order valence-corrected chi connectivity index (χ3v) is 7.49. The van der Waals surface area contributed by atoms with E-state index in [0.29, 0.717) is 18.7 Å². The maximum absolute atomic E-state index is 13.1. The molecular formula is C20H32ClN3O4S. The van der Waals surface area contributed by atoms with E-state index < -0.39 is 10.0 Å². The molecule has 2 unspecified atom stereocenters. The number of amides is 1. The van der Waals surface area contributed by atoms with E-state index in [9.17, 15) is 13.2 Å². The fourth-order valence-electron chi connectivity index (χ4n) is 4.02. The third-order valence-electron chi connectivity index (χ3n) is 5.66. The fourth-order valence-corrected chi connectivity index (χ4v) is 5.65. The van der Waals surface area contributed by atoms with Crippen molar-refractivity contribution in [3.05, 3.63) is 29.8 Å². The number of rotatable bonds is 4. The van der Waals surface area contributed by atoms with E-state index >= 15 is 0 Å². The molecule has 1 aromatic carbocycles. The van der Waals surface area contributed by atoms with Crippen LogP contribution in [0.5, 0.6) is 0 Å². The lowest BCUT2D eigenvalue weighted by atomic mass is 10.0. The number of sulfonamides is 1. The number of carbonyl (C=O) groups is 1. The Balaban J connectivity index is 0.00000300. The number of halogens is 1. The normalized spacial score (nSPS) is 24.7. The van der Waals surface area contributed by atoms with Crippen LogP contribution in [0.4, 0.5) is 0 Å². The van der Waals surface area contributed by atoms with Crippen LogP contribution in [0.2, 0.25) is 0 Å². The molecule has 2 aliphatic rings. The van der Waals surface area contributed by atoms with Gasteiger partial charge in [-0.3, -0.25) is 4.79 Å². The molecule has 0 bridgehead atoms. The minimum Gasteiger partial charge on any atom is -0.373 e. The molecule has 2 atom stereocenters. The number of likely N-dealkylation sites (tertiary alicyclic amines) is 1. The number of hydrogen-bond donors (Lipinski definition) is 0. The smallest absolute Gasteiger partial charge is 0.253 e. The summed E-state index contributed by atoms with van der Waals surface area (Å²) in [5, 5.41) is 0. The van der Waals surface area contributed by atoms with Crippen LogP contribution >= 0.6 is 12.4 Å². The zero-order valence-corrected chi connectivity index (χ0v) is 19.2. The highest BCUT2D eigenvalue weighted by molar-refractivity contribution is 7.89. The number of carbonyl (C=O) groups excluding carboxylic acids is 1. The highest BCUT2D eigenvalue weighted by Gasteiger charge is 2.33. The van der Waals surface area contributed by atoms with Crippen LogP contribution in [0.15, 0.2) is 29.2 Å². The minimum absolute atomic E-state index is 0. The van der Waals surface area contributed by atoms with Gasteiger partial charge in [-0.1, -0.05) is 6.07 Å². The van der Waals surface area contributed by atoms with Gasteiger partial charge in [-0.15, -0.1) is 12.4 Å². The molecule has 1 aromatic rings. The lowest BCUT2D eigenvalue weighted by Gasteiger charge is -2.35. The number of morpholine rings is 1. The van der Waals surface area contributed by atoms with Gasteiger partial charge in [-0.25, -0.2) is 8.42 Å². The Bertz CT molecular complexity index is 802. The molecule has 3 rings (SSSR count). The second-order valence-electron chi connectivity index (χ2n) is 8.06. The van der Waals surface area contributed by atoms with Crippen LogP contribution in [0, 0.1) is 0 Å². The van der Waals surface area contributed by atoms with Crippen molar-refractivity contribution >= 4 is 28.3 Å². The average Bonchev–Trinajstić information content (AvgIpc) is 2.67. The van der Waals surface area contributed by atoms with Crippen LogP contribution in [-0.2, 0) is 14.8 Å². The maximum Gasteiger partial charge on any atom is 0.253 e. The molecule has 2 aliphatic heterocycles. The van der Waals surface area contributed by atoms with Crippen LogP contribution in [0.25, 0.3) is 0 Å². The van der Waals surface area contributed by atoms with Crippen LogP contribution in [0.3, 0.4) is 0 Å². The van der Waals surface area contributed by atoms with E-state index in [1.54, 1.807) is 23.1 Å². The van der Waals surface area contributed by atoms with Gasteiger partial charge < -0.3 is 14.5 Å². The van der Waals surface area contributed by atoms with Crippen molar-refractivity contribution in [2.24, 2.45) is 0 Å². The molecule has 1 amide bonds. The third kappa shape index (κ3) is 5.49. The molecule has 0 spiro atoms. The Kier molecular flexibility index (Phi) is 8.09. The summed E-state index contributed by atoms with van der Waals surface area (Å²) in [6.07, 6.45) is 1.55. The SMILES string of the molecule is CC1CN(S(=O)(=O)c2cccc(C(=O)N(C)C3CCN(C)CC3)c2)CC(C)O1.Cl. The van der Waals surface area contributed by atoms with Gasteiger partial charge in [0.2, 0.25) is 10.0 Å². The average molecular weight is 446 g/mol. The first-order chi connectivity index (χ1) is 13.2. The van der Waals surface area contributed by atoms with Crippen molar-refractivity contribution in [1.29, 1.82) is 0 Å². The number of piperidine rings is 1. The van der Waals surface area contributed by atoms with Crippen molar-refractivity contribution in [2.45, 2.75) is 49.8 Å². The molecule has 164 valence electrons. The van der Waals surface area contributed by atoms with E-state index in [4.69, 9.17) is 4.74 Å². The molecule has 0 radical (unpaired) electrons. The molecule has 0 aliphatic carbocycles. The first-order valence-electron chi connectivity index (χ1n) is 9.90. The number of hydrogen-bond acceptors (Lipinski definition) is 5. The predicted molar refractivity (Wildman–Crippen MR) is 115 cm³/mol. The fraction of sp³-hybridized carbons (Fsp3) is 0.650. The Morgan fingerprint density at radius 3 is 2.31 bits per heavy atom. The molecule has 2 heterocycles. The highest BCUT2D eigenvalue weighted by Crippen LogP contribution is 2.23. The highest BCUT2D eigenvalue weighted by atomic mass is 35.5. The Hall–Kier alpha value is -1.19. The molecule has 9 heteroatoms. The standard InChI is InChI=1S/C20H31N3O4S.ClH/c1-15-13-23(14-16(2)27-15)28(25,26)19-7-5-6-17(12-19)20(24)22(4)18-8-10-21(3)11-9-18;/h5-7,12,15-16,18H,8-11,13-14H2,1-4H3;1H. The summed E-state index contributed by atoms with van der Waals surface area (Å²) in [7, 11) is 0.228. The molecule has 0 saturated carbocycles. The van der Waals surface area contributed by atoms with E-state index in [2.05, 4.69) is 11.9 Å². The lowest BCUT2D eigenvalue weighted by molar-refractivity contribution is -0.0440. The van der Waals surface area contributed by atoms with Crippen molar-refractivity contribution in [2.75, 3.05) is 40.3 Å². The van der Waals surface area contributed by atoms with E-state index in [-0.39, 0.29) is 41.5 Å². The monoisotopic (exact) mass is 445 g/mol. The predicted octanol–water partition coefficient (Wildman–Crippen LogP) is 2.07. The molecular weight excluding hydrogens is 414 g/mol. The molecule has 2 fully saturated rings. The molecule has 0 N–H and O–H groups in total. The maximum atomic E-state index is 13.1. The Labute approximate surface area is 180 Å². The quantitative estimate of drug-likeness (QED) is 0.709. The van der Waals surface area contributed by atoms with Crippen molar-refractivity contribution in [3.63, 3.8) is 0 Å². The molecule has 0 aromatic heterocycles. The summed E-state index contributed by atoms with van der Waals surface area (Å²) in [6, 6.07) is 6.60. The van der Waals surface area contributed by atoms with Crippen molar-refractivity contribution in [3.8, 4) is 0 Å². The molecule has 29 heavy (non-hydrogen) atoms. The van der Waals surface area contributed by atoms with Gasteiger partial charge in [0.25, 0.3) is 5.91 Å². The second kappa shape index (κ2) is 9.75. The van der Waals surface area contributed by atoms with E-state index in [0.717, 1.165) is 25.9 Å². The first-order valence-corrected chi connectivity index (χ1v) is 11.3. The topological polar surface area (TPSA) is 70.2 Å². The lowest BCUT2D eigenvalue weighted by Crippen LogP contribution is -2.48. The molecule has 7 nitrogen and oxygen atoms in total. The number of ether oxygens (including phenoxy) is 1. The van der Waals surface area contributed by atoms with Crippen molar-refractivity contribution < 1.29 is 17.9 Å². The van der Waals surface area contributed by atoms with Gasteiger partial charge in [0.05, 0.1) is 17.1 Å². The van der Waals surface area contributed by atoms with Crippen molar-refractivity contribution in [1.82, 2.24) is 14.1 Å². The van der Waals surface area contributed by atoms with E-state index in [1.165, 1.54) is 10.4 Å². The summed E-state index contributed by atoms with van der Waals surface area (Å²) in [4.78, 5) is 17.2. The number of nitrogens with zero attached hydrogens (tertiary/aromatic N) is 3. The zero-order valence-electron chi connectivity index (χ0n) is 17.6. The Morgan fingerprint density at radius 1 is 1.14 bits per heavy atom. The summed E-state index contributed by atoms with van der Waals surface area (Å²) >= 11 is 0. The molecule has 2 saturated heterocycles. The largest absolute Gasteiger partial charge is 0.373 e. The van der Waals surface area contributed by atoms with Crippen LogP contribution in [-0.4, -0.2) is 87.0 Å². The summed E-state index contributed by atoms with van der Waals surface area (Å²) in [5.74, 6) is -0.129. The van der Waals surface area contributed by atoms with Crippen LogP contribution < -0.4 is 0 Å². The second-order valence-corrected chi connectivity index (χ2v) is 10.00. The van der Waals surface area contributed by atoms with Crippen LogP contribution in [0.1, 0.15) is 37.0 Å². The van der Waals surface area contributed by atoms with Gasteiger partial charge in [0.15, 0.2) is 0 Å². The Morgan fingerprint density at radius 2 is 1.72 bits per heavy atom.